The van der Waals surface area contributed by atoms with Gasteiger partial charge in [-0.2, -0.15) is 8.78 Å². The quantitative estimate of drug-likeness (QED) is 0.171. The lowest BCUT2D eigenvalue weighted by molar-refractivity contribution is -0.140. The zero-order valence-corrected chi connectivity index (χ0v) is 22.1. The molecule has 0 amide bonds. The van der Waals surface area contributed by atoms with Crippen molar-refractivity contribution in [1.82, 2.24) is 0 Å². The van der Waals surface area contributed by atoms with E-state index in [0.29, 0.717) is 5.75 Å². The van der Waals surface area contributed by atoms with E-state index in [1.807, 2.05) is 0 Å². The lowest BCUT2D eigenvalue weighted by atomic mass is 9.60. The molecule has 3 nitrogen and oxygen atoms in total. The van der Waals surface area contributed by atoms with Gasteiger partial charge < -0.3 is 9.47 Å². The number of halogens is 2. The van der Waals surface area contributed by atoms with Crippen LogP contribution in [0.3, 0.4) is 0 Å². The molecule has 5 heteroatoms. The molecule has 0 radical (unpaired) electrons. The Kier molecular flexibility index (Phi) is 10.5. The van der Waals surface area contributed by atoms with Crippen molar-refractivity contribution in [2.45, 2.75) is 116 Å². The van der Waals surface area contributed by atoms with Crippen molar-refractivity contribution in [3.63, 3.8) is 0 Å². The largest absolute Gasteiger partial charge is 0.435 e. The summed E-state index contributed by atoms with van der Waals surface area (Å²) in [6.07, 6.45) is 21.2. The number of rotatable bonds is 11. The number of alkyl halides is 2. The van der Waals surface area contributed by atoms with Crippen LogP contribution >= 0.6 is 0 Å². The normalized spacial score (nSPS) is 30.6. The van der Waals surface area contributed by atoms with Crippen LogP contribution in [-0.4, -0.2) is 12.6 Å². The number of unbranched alkanes of at least 4 members (excludes halogenated alkanes) is 4. The molecule has 0 bridgehead atoms. The molecular formula is C31H46F2O3. The molecule has 3 fully saturated rings. The lowest BCUT2D eigenvalue weighted by Crippen LogP contribution is -2.35. The number of carbonyl (C=O) groups excluding carboxylic acids is 1. The summed E-state index contributed by atoms with van der Waals surface area (Å²) < 4.78 is 34.5. The first-order valence-electron chi connectivity index (χ1n) is 14.8. The molecule has 0 N–H and O–H groups in total. The second kappa shape index (κ2) is 13.8. The van der Waals surface area contributed by atoms with E-state index in [2.05, 4.69) is 11.7 Å². The Morgan fingerprint density at radius 1 is 0.778 bits per heavy atom. The third-order valence-corrected chi connectivity index (χ3v) is 9.52. The molecule has 36 heavy (non-hydrogen) atoms. The molecule has 0 heterocycles. The number of fused-ring (bicyclic) bond motifs is 1. The summed E-state index contributed by atoms with van der Waals surface area (Å²) in [4.78, 5) is 12.7. The Balaban J connectivity index is 1.15. The first-order chi connectivity index (χ1) is 17.5. The highest BCUT2D eigenvalue weighted by atomic mass is 19.3. The first kappa shape index (κ1) is 27.4. The predicted molar refractivity (Wildman–Crippen MR) is 139 cm³/mol. The van der Waals surface area contributed by atoms with Gasteiger partial charge in [0.1, 0.15) is 11.5 Å². The molecular weight excluding hydrogens is 458 g/mol. The van der Waals surface area contributed by atoms with Gasteiger partial charge in [-0.15, -0.1) is 0 Å². The van der Waals surface area contributed by atoms with E-state index in [0.717, 1.165) is 55.3 Å². The smallest absolute Gasteiger partial charge is 0.387 e. The van der Waals surface area contributed by atoms with Gasteiger partial charge in [-0.25, -0.2) is 0 Å². The molecule has 4 unspecified atom stereocenters. The summed E-state index contributed by atoms with van der Waals surface area (Å²) in [5, 5.41) is 0. The predicted octanol–water partition coefficient (Wildman–Crippen LogP) is 9.19. The minimum absolute atomic E-state index is 0.0534. The maximum absolute atomic E-state index is 12.7. The van der Waals surface area contributed by atoms with Gasteiger partial charge in [0, 0.05) is 0 Å². The Labute approximate surface area is 216 Å². The molecule has 3 aliphatic carbocycles. The Bertz CT molecular complexity index is 788. The number of hydrogen-bond donors (Lipinski definition) is 0. The topological polar surface area (TPSA) is 35.5 Å². The molecule has 4 rings (SSSR count). The van der Waals surface area contributed by atoms with E-state index in [-0.39, 0.29) is 17.6 Å². The molecule has 1 aromatic rings. The van der Waals surface area contributed by atoms with Crippen LogP contribution < -0.4 is 9.47 Å². The van der Waals surface area contributed by atoms with Crippen molar-refractivity contribution in [2.75, 3.05) is 0 Å². The fraction of sp³-hybridized carbons (Fsp3) is 0.774. The summed E-state index contributed by atoms with van der Waals surface area (Å²) in [5.74, 6) is 4.72. The van der Waals surface area contributed by atoms with Gasteiger partial charge in [-0.3, -0.25) is 4.79 Å². The van der Waals surface area contributed by atoms with Gasteiger partial charge in [0.25, 0.3) is 0 Å². The van der Waals surface area contributed by atoms with Gasteiger partial charge >= 0.3 is 12.6 Å². The van der Waals surface area contributed by atoms with Gasteiger partial charge in [-0.05, 0) is 112 Å². The second-order valence-electron chi connectivity index (χ2n) is 11.9. The Morgan fingerprint density at radius 3 is 2.06 bits per heavy atom. The van der Waals surface area contributed by atoms with Gasteiger partial charge in [0.05, 0.1) is 5.92 Å². The van der Waals surface area contributed by atoms with Gasteiger partial charge in [-0.1, -0.05) is 51.9 Å². The van der Waals surface area contributed by atoms with Crippen LogP contribution in [0.1, 0.15) is 110 Å². The average Bonchev–Trinajstić information content (AvgIpc) is 2.89. The van der Waals surface area contributed by atoms with Crippen LogP contribution in [0.25, 0.3) is 0 Å². The fourth-order valence-corrected chi connectivity index (χ4v) is 7.46. The van der Waals surface area contributed by atoms with E-state index in [4.69, 9.17) is 4.74 Å². The molecule has 3 aliphatic rings. The number of ether oxygens (including phenoxy) is 2. The molecule has 0 aromatic heterocycles. The molecule has 4 atom stereocenters. The SMILES string of the molecule is CCCCCCCC1CCC2CC(C3CCC(C(=O)Oc4ccc(OC(F)F)cc4)CC3)CCC2C1. The van der Waals surface area contributed by atoms with Crippen molar-refractivity contribution in [2.24, 2.45) is 35.5 Å². The van der Waals surface area contributed by atoms with E-state index in [1.54, 1.807) is 0 Å². The van der Waals surface area contributed by atoms with Crippen LogP contribution in [0.4, 0.5) is 8.78 Å². The highest BCUT2D eigenvalue weighted by molar-refractivity contribution is 5.75. The van der Waals surface area contributed by atoms with Crippen LogP contribution in [0.2, 0.25) is 0 Å². The molecule has 0 spiro atoms. The number of esters is 1. The van der Waals surface area contributed by atoms with Gasteiger partial charge in [0.2, 0.25) is 0 Å². The molecule has 202 valence electrons. The Morgan fingerprint density at radius 2 is 1.36 bits per heavy atom. The number of carbonyl (C=O) groups is 1. The second-order valence-corrected chi connectivity index (χ2v) is 11.9. The monoisotopic (exact) mass is 504 g/mol. The molecule has 0 saturated heterocycles. The van der Waals surface area contributed by atoms with E-state index in [1.165, 1.54) is 101 Å². The summed E-state index contributed by atoms with van der Waals surface area (Å²) in [5.41, 5.74) is 0. The number of hydrogen-bond acceptors (Lipinski definition) is 3. The maximum Gasteiger partial charge on any atom is 0.387 e. The van der Waals surface area contributed by atoms with Crippen LogP contribution in [0.15, 0.2) is 24.3 Å². The van der Waals surface area contributed by atoms with Crippen molar-refractivity contribution in [3.05, 3.63) is 24.3 Å². The van der Waals surface area contributed by atoms with Crippen LogP contribution in [0, 0.1) is 35.5 Å². The fourth-order valence-electron chi connectivity index (χ4n) is 7.46. The lowest BCUT2D eigenvalue weighted by Gasteiger charge is -2.45. The maximum atomic E-state index is 12.7. The van der Waals surface area contributed by atoms with Crippen LogP contribution in [-0.2, 0) is 4.79 Å². The molecule has 1 aromatic carbocycles. The zero-order valence-electron chi connectivity index (χ0n) is 22.1. The summed E-state index contributed by atoms with van der Waals surface area (Å²) in [6.45, 7) is -0.568. The molecule has 3 saturated carbocycles. The Hall–Kier alpha value is -1.65. The third kappa shape index (κ3) is 7.92. The average molecular weight is 505 g/mol. The van der Waals surface area contributed by atoms with Crippen molar-refractivity contribution >= 4 is 5.97 Å². The minimum atomic E-state index is -2.86. The van der Waals surface area contributed by atoms with Crippen molar-refractivity contribution in [3.8, 4) is 11.5 Å². The first-order valence-corrected chi connectivity index (χ1v) is 14.8. The molecule has 0 aliphatic heterocycles. The summed E-state index contributed by atoms with van der Waals surface area (Å²) in [7, 11) is 0. The third-order valence-electron chi connectivity index (χ3n) is 9.52. The summed E-state index contributed by atoms with van der Waals surface area (Å²) in [6, 6.07) is 5.84. The standard InChI is InChI=1S/C31H46F2O3/c1-2-3-4-5-6-7-22-8-9-27-21-26(15-14-25(27)20-22)23-10-12-24(13-11-23)30(34)35-28-16-18-29(19-17-28)36-31(32)33/h16-19,22-27,31H,2-15,20-21H2,1H3. The zero-order chi connectivity index (χ0) is 25.3. The van der Waals surface area contributed by atoms with Crippen molar-refractivity contribution < 1.29 is 23.0 Å². The van der Waals surface area contributed by atoms with Crippen LogP contribution in [0.5, 0.6) is 11.5 Å². The summed E-state index contributed by atoms with van der Waals surface area (Å²) >= 11 is 0. The highest BCUT2D eigenvalue weighted by Crippen LogP contribution is 2.49. The van der Waals surface area contributed by atoms with Crippen molar-refractivity contribution in [1.29, 1.82) is 0 Å². The minimum Gasteiger partial charge on any atom is -0.435 e. The highest BCUT2D eigenvalue weighted by Gasteiger charge is 2.39. The number of benzene rings is 1. The van der Waals surface area contributed by atoms with E-state index in [9.17, 15) is 13.6 Å². The van der Waals surface area contributed by atoms with Gasteiger partial charge in [0.15, 0.2) is 0 Å². The van der Waals surface area contributed by atoms with E-state index < -0.39 is 6.61 Å². The van der Waals surface area contributed by atoms with E-state index >= 15 is 0 Å².